The van der Waals surface area contributed by atoms with Gasteiger partial charge in [-0.2, -0.15) is 9.78 Å². The molecule has 0 aromatic carbocycles. The highest BCUT2D eigenvalue weighted by atomic mass is 17.2. The van der Waals surface area contributed by atoms with E-state index in [0.717, 1.165) is 32.1 Å². The molecular weight excluding hydrogens is 356 g/mol. The second kappa shape index (κ2) is 13.6. The predicted octanol–water partition coefficient (Wildman–Crippen LogP) is 5.48. The fourth-order valence-electron chi connectivity index (χ4n) is 1.51. The Kier molecular flexibility index (Phi) is 12.8. The zero-order valence-electron chi connectivity index (χ0n) is 17.6. The van der Waals surface area contributed by atoms with E-state index in [1.54, 1.807) is 0 Å². The van der Waals surface area contributed by atoms with Gasteiger partial charge in [-0.1, -0.05) is 33.1 Å². The van der Waals surface area contributed by atoms with E-state index in [0.29, 0.717) is 12.8 Å². The number of rotatable bonds is 14. The molecule has 0 aliphatic rings. The van der Waals surface area contributed by atoms with Crippen LogP contribution < -0.4 is 0 Å². The summed E-state index contributed by atoms with van der Waals surface area (Å²) in [5, 5.41) is 0. The van der Waals surface area contributed by atoms with Gasteiger partial charge in [0.05, 0.1) is 13.2 Å². The van der Waals surface area contributed by atoms with Crippen LogP contribution in [-0.4, -0.2) is 36.7 Å². The van der Waals surface area contributed by atoms with E-state index in [2.05, 4.69) is 9.78 Å². The molecule has 0 spiro atoms. The number of carbonyl (C=O) groups excluding carboxylic acids is 2. The Hall–Kier alpha value is -1.54. The summed E-state index contributed by atoms with van der Waals surface area (Å²) in [5.74, 6) is 0. The highest BCUT2D eigenvalue weighted by molar-refractivity contribution is 5.59. The topological polar surface area (TPSA) is 89.5 Å². The maximum Gasteiger partial charge on any atom is 0.540 e. The third-order valence-electron chi connectivity index (χ3n) is 4.10. The fourth-order valence-corrected chi connectivity index (χ4v) is 1.51. The smallest absolute Gasteiger partial charge is 0.432 e. The Morgan fingerprint density at radius 1 is 0.630 bits per heavy atom. The van der Waals surface area contributed by atoms with Crippen molar-refractivity contribution in [3.05, 3.63) is 0 Å². The summed E-state index contributed by atoms with van der Waals surface area (Å²) in [6.07, 6.45) is 3.98. The molecule has 0 aliphatic heterocycles. The van der Waals surface area contributed by atoms with Crippen molar-refractivity contribution < 1.29 is 38.6 Å². The number of hydrogen-bond acceptors (Lipinski definition) is 8. The van der Waals surface area contributed by atoms with Gasteiger partial charge in [-0.15, -0.1) is 0 Å². The van der Waals surface area contributed by atoms with Crippen LogP contribution in [0.5, 0.6) is 0 Å². The van der Waals surface area contributed by atoms with Crippen LogP contribution in [0, 0.1) is 0 Å². The highest BCUT2D eigenvalue weighted by Crippen LogP contribution is 2.15. The summed E-state index contributed by atoms with van der Waals surface area (Å²) in [5.41, 5.74) is -1.04. The number of carbonyl (C=O) groups is 2. The molecule has 0 radical (unpaired) electrons. The van der Waals surface area contributed by atoms with Crippen LogP contribution in [0.15, 0.2) is 0 Å². The lowest BCUT2D eigenvalue weighted by Gasteiger charge is -2.20. The summed E-state index contributed by atoms with van der Waals surface area (Å²) in [6.45, 7) is 11.7. The Labute approximate surface area is 162 Å². The molecule has 8 heteroatoms. The normalized spacial score (nSPS) is 11.8. The average Bonchev–Trinajstić information content (AvgIpc) is 2.63. The van der Waals surface area contributed by atoms with Crippen molar-refractivity contribution in [1.82, 2.24) is 0 Å². The van der Waals surface area contributed by atoms with E-state index in [-0.39, 0.29) is 13.2 Å². The lowest BCUT2D eigenvalue weighted by atomic mass is 10.1. The standard InChI is InChI=1S/C19H36O8/c1-7-18(3,4)26-24-16(20)22-14-12-10-9-11-13-15-23-17(21)25-27-19(5,6)8-2/h7-15H2,1-6H3. The first-order chi connectivity index (χ1) is 12.6. The largest absolute Gasteiger partial charge is 0.540 e. The van der Waals surface area contributed by atoms with Gasteiger partial charge in [-0.3, -0.25) is 9.78 Å². The monoisotopic (exact) mass is 392 g/mol. The molecule has 0 aromatic heterocycles. The molecule has 8 nitrogen and oxygen atoms in total. The summed E-state index contributed by atoms with van der Waals surface area (Å²) in [7, 11) is 0. The third-order valence-corrected chi connectivity index (χ3v) is 4.10. The first-order valence-corrected chi connectivity index (χ1v) is 9.66. The summed E-state index contributed by atoms with van der Waals surface area (Å²) < 4.78 is 9.84. The molecule has 0 aliphatic carbocycles. The molecule has 0 heterocycles. The first-order valence-electron chi connectivity index (χ1n) is 9.66. The Balaban J connectivity index is 3.47. The summed E-state index contributed by atoms with van der Waals surface area (Å²) in [4.78, 5) is 41.8. The molecule has 0 rings (SSSR count). The molecule has 0 atom stereocenters. The van der Waals surface area contributed by atoms with Crippen LogP contribution in [0.4, 0.5) is 9.59 Å². The third kappa shape index (κ3) is 15.2. The van der Waals surface area contributed by atoms with Gasteiger partial charge in [-0.05, 0) is 53.4 Å². The van der Waals surface area contributed by atoms with Crippen LogP contribution in [0.25, 0.3) is 0 Å². The number of hydrogen-bond donors (Lipinski definition) is 0. The molecule has 0 aromatic rings. The van der Waals surface area contributed by atoms with E-state index in [9.17, 15) is 9.59 Å². The maximum atomic E-state index is 11.3. The molecule has 27 heavy (non-hydrogen) atoms. The van der Waals surface area contributed by atoms with Gasteiger partial charge in [0.15, 0.2) is 0 Å². The lowest BCUT2D eigenvalue weighted by molar-refractivity contribution is -0.317. The maximum absolute atomic E-state index is 11.3. The average molecular weight is 392 g/mol. The van der Waals surface area contributed by atoms with Gasteiger partial charge >= 0.3 is 12.3 Å². The molecule has 160 valence electrons. The fraction of sp³-hybridized carbons (Fsp3) is 0.895. The van der Waals surface area contributed by atoms with Crippen molar-refractivity contribution in [3.63, 3.8) is 0 Å². The Morgan fingerprint density at radius 3 is 1.30 bits per heavy atom. The van der Waals surface area contributed by atoms with Crippen LogP contribution in [0.2, 0.25) is 0 Å². The molecule has 0 amide bonds. The van der Waals surface area contributed by atoms with Gasteiger partial charge in [0.1, 0.15) is 11.2 Å². The van der Waals surface area contributed by atoms with Gasteiger partial charge in [-0.25, -0.2) is 9.59 Å². The minimum Gasteiger partial charge on any atom is -0.432 e. The lowest BCUT2D eigenvalue weighted by Crippen LogP contribution is -2.25. The molecule has 0 unspecified atom stereocenters. The Morgan fingerprint density at radius 2 is 0.963 bits per heavy atom. The van der Waals surface area contributed by atoms with Gasteiger partial charge in [0, 0.05) is 0 Å². The second-order valence-electron chi connectivity index (χ2n) is 7.52. The molecule has 0 saturated heterocycles. The summed E-state index contributed by atoms with van der Waals surface area (Å²) in [6, 6.07) is 0. The van der Waals surface area contributed by atoms with Gasteiger partial charge in [0.2, 0.25) is 0 Å². The van der Waals surface area contributed by atoms with Crippen LogP contribution >= 0.6 is 0 Å². The minimum absolute atomic E-state index is 0.280. The van der Waals surface area contributed by atoms with E-state index in [1.165, 1.54) is 0 Å². The second-order valence-corrected chi connectivity index (χ2v) is 7.52. The molecule has 0 N–H and O–H groups in total. The zero-order valence-corrected chi connectivity index (χ0v) is 17.6. The molecular formula is C19H36O8. The molecule has 0 fully saturated rings. The molecule has 0 bridgehead atoms. The SMILES string of the molecule is CCC(C)(C)OOC(=O)OCCCCCCCOC(=O)OOC(C)(C)CC. The Bertz CT molecular complexity index is 382. The van der Waals surface area contributed by atoms with Crippen LogP contribution in [0.3, 0.4) is 0 Å². The predicted molar refractivity (Wildman–Crippen MR) is 98.9 cm³/mol. The van der Waals surface area contributed by atoms with Gasteiger partial charge in [0.25, 0.3) is 0 Å². The minimum atomic E-state index is -0.822. The van der Waals surface area contributed by atoms with Gasteiger partial charge < -0.3 is 9.47 Å². The summed E-state index contributed by atoms with van der Waals surface area (Å²) >= 11 is 0. The van der Waals surface area contributed by atoms with Crippen molar-refractivity contribution in [1.29, 1.82) is 0 Å². The number of ether oxygens (including phenoxy) is 2. The van der Waals surface area contributed by atoms with Crippen molar-refractivity contribution in [2.45, 2.75) is 97.7 Å². The first kappa shape index (κ1) is 25.5. The van der Waals surface area contributed by atoms with Crippen LogP contribution in [-0.2, 0) is 29.0 Å². The van der Waals surface area contributed by atoms with E-state index in [4.69, 9.17) is 19.2 Å². The number of unbranched alkanes of at least 4 members (excludes halogenated alkanes) is 4. The van der Waals surface area contributed by atoms with Crippen molar-refractivity contribution in [2.75, 3.05) is 13.2 Å². The van der Waals surface area contributed by atoms with E-state index >= 15 is 0 Å². The van der Waals surface area contributed by atoms with E-state index < -0.39 is 23.5 Å². The van der Waals surface area contributed by atoms with E-state index in [1.807, 2.05) is 41.5 Å². The van der Waals surface area contributed by atoms with Crippen molar-refractivity contribution in [3.8, 4) is 0 Å². The van der Waals surface area contributed by atoms with Crippen LogP contribution in [0.1, 0.15) is 86.5 Å². The quantitative estimate of drug-likeness (QED) is 0.166. The highest BCUT2D eigenvalue weighted by Gasteiger charge is 2.21. The van der Waals surface area contributed by atoms with Crippen molar-refractivity contribution in [2.24, 2.45) is 0 Å². The van der Waals surface area contributed by atoms with Crippen molar-refractivity contribution >= 4 is 12.3 Å². The molecule has 0 saturated carbocycles. The zero-order chi connectivity index (χ0) is 20.8.